The van der Waals surface area contributed by atoms with Crippen LogP contribution >= 0.6 is 0 Å². The van der Waals surface area contributed by atoms with Crippen molar-refractivity contribution in [2.75, 3.05) is 20.3 Å². The van der Waals surface area contributed by atoms with Crippen molar-refractivity contribution in [1.82, 2.24) is 0 Å². The van der Waals surface area contributed by atoms with E-state index in [1.807, 2.05) is 6.92 Å². The van der Waals surface area contributed by atoms with Crippen LogP contribution in [0.3, 0.4) is 0 Å². The normalized spacial score (nSPS) is 15.6. The van der Waals surface area contributed by atoms with Crippen molar-refractivity contribution >= 4 is 11.0 Å². The predicted octanol–water partition coefficient (Wildman–Crippen LogP) is 4.62. The second kappa shape index (κ2) is 8.71. The summed E-state index contributed by atoms with van der Waals surface area (Å²) >= 11 is 0. The molecule has 0 spiro atoms. The van der Waals surface area contributed by atoms with Crippen molar-refractivity contribution < 1.29 is 33.6 Å². The van der Waals surface area contributed by atoms with Crippen LogP contribution in [0, 0.1) is 0 Å². The van der Waals surface area contributed by atoms with Crippen molar-refractivity contribution in [2.24, 2.45) is 0 Å². The molecule has 2 aromatic carbocycles. The smallest absolute Gasteiger partial charge is 0.244 e. The van der Waals surface area contributed by atoms with Crippen LogP contribution in [0.1, 0.15) is 32.3 Å². The number of benzene rings is 2. The molecule has 3 aromatic rings. The summed E-state index contributed by atoms with van der Waals surface area (Å²) in [6, 6.07) is 9.23. The summed E-state index contributed by atoms with van der Waals surface area (Å²) in [4.78, 5) is 12.7. The largest absolute Gasteiger partial charge is 0.508 e. The van der Waals surface area contributed by atoms with Crippen LogP contribution in [0.15, 0.2) is 57.6 Å². The van der Waals surface area contributed by atoms with Gasteiger partial charge >= 0.3 is 0 Å². The average molecular weight is 454 g/mol. The zero-order chi connectivity index (χ0) is 23.8. The highest BCUT2D eigenvalue weighted by Gasteiger charge is 2.27. The summed E-state index contributed by atoms with van der Waals surface area (Å²) in [6.07, 6.45) is 1.47. The second-order valence-electron chi connectivity index (χ2n) is 8.41. The number of aromatic hydroxyl groups is 2. The molecule has 0 saturated heterocycles. The summed E-state index contributed by atoms with van der Waals surface area (Å²) in [5.74, 6) is 0.103. The van der Waals surface area contributed by atoms with E-state index in [9.17, 15) is 15.0 Å². The standard InChI is InChI=1S/C25H26O8/c1-14(11-29-4)18-6-5-15(7-19(18)26)22-10-21(28)24-20(27)8-16(9-23(24)32-22)30-12-17-13-31-25(2,3)33-17/h5-10,13-14,26-27H,11-12H2,1-4H3/t14-/m1/s1. The lowest BCUT2D eigenvalue weighted by Crippen LogP contribution is -2.21. The van der Waals surface area contributed by atoms with Gasteiger partial charge in [0.05, 0.1) is 6.61 Å². The highest BCUT2D eigenvalue weighted by Crippen LogP contribution is 2.34. The van der Waals surface area contributed by atoms with Gasteiger partial charge in [-0.2, -0.15) is 0 Å². The van der Waals surface area contributed by atoms with Gasteiger partial charge in [-0.3, -0.25) is 4.79 Å². The van der Waals surface area contributed by atoms with E-state index in [1.54, 1.807) is 33.1 Å². The molecule has 33 heavy (non-hydrogen) atoms. The van der Waals surface area contributed by atoms with E-state index in [-0.39, 0.29) is 40.8 Å². The number of ether oxygens (including phenoxy) is 4. The van der Waals surface area contributed by atoms with Gasteiger partial charge in [0.25, 0.3) is 0 Å². The molecule has 1 aromatic heterocycles. The van der Waals surface area contributed by atoms with Gasteiger partial charge in [0, 0.05) is 50.6 Å². The maximum Gasteiger partial charge on any atom is 0.244 e. The average Bonchev–Trinajstić information content (AvgIpc) is 3.10. The number of phenols is 2. The van der Waals surface area contributed by atoms with Gasteiger partial charge in [-0.05, 0) is 11.6 Å². The van der Waals surface area contributed by atoms with Crippen LogP contribution in [0.5, 0.6) is 17.2 Å². The topological polar surface area (TPSA) is 108 Å². The number of methoxy groups -OCH3 is 1. The van der Waals surface area contributed by atoms with Gasteiger partial charge < -0.3 is 33.6 Å². The molecule has 0 fully saturated rings. The summed E-state index contributed by atoms with van der Waals surface area (Å²) in [6.45, 7) is 6.03. The van der Waals surface area contributed by atoms with E-state index < -0.39 is 11.2 Å². The first-order valence-corrected chi connectivity index (χ1v) is 10.5. The SMILES string of the molecule is COC[C@@H](C)c1ccc(-c2cc(=O)c3c(O)cc(OCC4=COC(C)(C)O4)cc3o2)cc1O. The quantitative estimate of drug-likeness (QED) is 0.532. The molecule has 0 radical (unpaired) electrons. The van der Waals surface area contributed by atoms with Crippen LogP contribution in [0.25, 0.3) is 22.3 Å². The molecule has 4 rings (SSSR count). The maximum absolute atomic E-state index is 12.7. The first-order valence-electron chi connectivity index (χ1n) is 10.5. The van der Waals surface area contributed by atoms with Gasteiger partial charge in [0.15, 0.2) is 11.2 Å². The number of rotatable bonds is 7. The molecule has 2 N–H and O–H groups in total. The van der Waals surface area contributed by atoms with Gasteiger partial charge in [-0.15, -0.1) is 0 Å². The zero-order valence-corrected chi connectivity index (χ0v) is 18.9. The monoisotopic (exact) mass is 454 g/mol. The number of phenolic OH excluding ortho intramolecular Hbond substituents is 2. The molecule has 0 amide bonds. The Kier molecular flexibility index (Phi) is 5.95. The Balaban J connectivity index is 1.64. The minimum Gasteiger partial charge on any atom is -0.508 e. The number of hydrogen-bond donors (Lipinski definition) is 2. The second-order valence-corrected chi connectivity index (χ2v) is 8.41. The highest BCUT2D eigenvalue weighted by molar-refractivity contribution is 5.86. The molecule has 2 heterocycles. The van der Waals surface area contributed by atoms with Crippen molar-refractivity contribution in [3.8, 4) is 28.6 Å². The molecule has 8 nitrogen and oxygen atoms in total. The molecule has 0 bridgehead atoms. The van der Waals surface area contributed by atoms with Crippen LogP contribution in [0.4, 0.5) is 0 Å². The van der Waals surface area contributed by atoms with Crippen LogP contribution in [-0.2, 0) is 14.2 Å². The Morgan fingerprint density at radius 2 is 1.88 bits per heavy atom. The van der Waals surface area contributed by atoms with Gasteiger partial charge in [-0.1, -0.05) is 19.1 Å². The maximum atomic E-state index is 12.7. The Hall–Kier alpha value is -3.65. The third kappa shape index (κ3) is 4.75. The molecule has 174 valence electrons. The van der Waals surface area contributed by atoms with Crippen molar-refractivity contribution in [3.05, 3.63) is 64.2 Å². The summed E-state index contributed by atoms with van der Waals surface area (Å²) in [5, 5.41) is 20.9. The molecule has 1 aliphatic heterocycles. The minimum atomic E-state index is -0.756. The van der Waals surface area contributed by atoms with Gasteiger partial charge in [0.1, 0.15) is 46.8 Å². The Morgan fingerprint density at radius 3 is 2.55 bits per heavy atom. The fourth-order valence-corrected chi connectivity index (χ4v) is 3.71. The Bertz CT molecular complexity index is 1270. The summed E-state index contributed by atoms with van der Waals surface area (Å²) < 4.78 is 27.7. The Morgan fingerprint density at radius 1 is 1.09 bits per heavy atom. The van der Waals surface area contributed by atoms with Gasteiger partial charge in [-0.25, -0.2) is 0 Å². The van der Waals surface area contributed by atoms with E-state index in [2.05, 4.69) is 0 Å². The van der Waals surface area contributed by atoms with Crippen LogP contribution < -0.4 is 10.2 Å². The first kappa shape index (κ1) is 22.5. The lowest BCUT2D eigenvalue weighted by atomic mass is 9.98. The lowest BCUT2D eigenvalue weighted by molar-refractivity contribution is -0.119. The summed E-state index contributed by atoms with van der Waals surface area (Å²) in [5.41, 5.74) is 0.993. The highest BCUT2D eigenvalue weighted by atomic mass is 16.7. The summed E-state index contributed by atoms with van der Waals surface area (Å²) in [7, 11) is 1.60. The molecular formula is C25H26O8. The molecule has 0 unspecified atom stereocenters. The number of fused-ring (bicyclic) bond motifs is 1. The fourth-order valence-electron chi connectivity index (χ4n) is 3.71. The molecule has 8 heteroatoms. The minimum absolute atomic E-state index is 0.000692. The molecule has 1 aliphatic rings. The molecule has 0 saturated carbocycles. The van der Waals surface area contributed by atoms with E-state index in [4.69, 9.17) is 23.4 Å². The van der Waals surface area contributed by atoms with Crippen molar-refractivity contribution in [1.29, 1.82) is 0 Å². The third-order valence-corrected chi connectivity index (χ3v) is 5.28. The van der Waals surface area contributed by atoms with E-state index >= 15 is 0 Å². The van der Waals surface area contributed by atoms with Gasteiger partial charge in [0.2, 0.25) is 5.79 Å². The van der Waals surface area contributed by atoms with E-state index in [1.165, 1.54) is 30.5 Å². The van der Waals surface area contributed by atoms with Crippen LogP contribution in [0.2, 0.25) is 0 Å². The fraction of sp³-hybridized carbons (Fsp3) is 0.320. The van der Waals surface area contributed by atoms with Crippen LogP contribution in [-0.4, -0.2) is 36.3 Å². The predicted molar refractivity (Wildman–Crippen MR) is 121 cm³/mol. The number of hydrogen-bond acceptors (Lipinski definition) is 8. The molecule has 0 aliphatic carbocycles. The molecule has 1 atom stereocenters. The first-order chi connectivity index (χ1) is 15.7. The Labute approximate surface area is 190 Å². The van der Waals surface area contributed by atoms with E-state index in [0.717, 1.165) is 5.56 Å². The zero-order valence-electron chi connectivity index (χ0n) is 18.9. The third-order valence-electron chi connectivity index (χ3n) is 5.28. The van der Waals surface area contributed by atoms with E-state index in [0.29, 0.717) is 23.7 Å². The van der Waals surface area contributed by atoms with Crippen molar-refractivity contribution in [2.45, 2.75) is 32.5 Å². The lowest BCUT2D eigenvalue weighted by Gasteiger charge is -2.18. The van der Waals surface area contributed by atoms with Crippen molar-refractivity contribution in [3.63, 3.8) is 0 Å². The molecular weight excluding hydrogens is 428 g/mol.